The summed E-state index contributed by atoms with van der Waals surface area (Å²) in [5, 5.41) is 9.31. The Bertz CT molecular complexity index is 579. The Labute approximate surface area is 115 Å². The predicted octanol–water partition coefficient (Wildman–Crippen LogP) is 4.50. The Hall–Kier alpha value is -1.45. The average Bonchev–Trinajstić information content (AvgIpc) is 2.34. The molecule has 0 bridgehead atoms. The first-order valence-electron chi connectivity index (χ1n) is 5.33. The van der Waals surface area contributed by atoms with Gasteiger partial charge in [0.15, 0.2) is 0 Å². The van der Waals surface area contributed by atoms with E-state index in [0.717, 1.165) is 9.79 Å². The molecule has 92 valence electrons. The minimum atomic E-state index is -0.969. The summed E-state index contributed by atoms with van der Waals surface area (Å²) in [6.45, 7) is 2.03. The maximum Gasteiger partial charge on any atom is 0.335 e. The van der Waals surface area contributed by atoms with Gasteiger partial charge in [0.1, 0.15) is 0 Å². The van der Waals surface area contributed by atoms with Gasteiger partial charge >= 0.3 is 5.97 Å². The number of benzene rings is 2. The van der Waals surface area contributed by atoms with Crippen molar-refractivity contribution >= 4 is 29.3 Å². The summed E-state index contributed by atoms with van der Waals surface area (Å²) in [7, 11) is 0. The molecule has 18 heavy (non-hydrogen) atoms. The van der Waals surface area contributed by atoms with E-state index in [9.17, 15) is 4.79 Å². The van der Waals surface area contributed by atoms with E-state index in [-0.39, 0.29) is 5.56 Å². The second kappa shape index (κ2) is 5.46. The minimum absolute atomic E-state index is 0.202. The summed E-state index contributed by atoms with van der Waals surface area (Å²) in [6, 6.07) is 12.9. The molecule has 2 aromatic rings. The van der Waals surface area contributed by atoms with Gasteiger partial charge in [-0.25, -0.2) is 4.79 Å². The average molecular weight is 279 g/mol. The Morgan fingerprint density at radius 1 is 1.17 bits per heavy atom. The molecule has 2 aromatic carbocycles. The van der Waals surface area contributed by atoms with Crippen molar-refractivity contribution in [3.63, 3.8) is 0 Å². The molecule has 0 unspecified atom stereocenters. The minimum Gasteiger partial charge on any atom is -0.478 e. The largest absolute Gasteiger partial charge is 0.478 e. The van der Waals surface area contributed by atoms with Gasteiger partial charge in [-0.3, -0.25) is 0 Å². The van der Waals surface area contributed by atoms with Gasteiger partial charge in [0.05, 0.1) is 10.6 Å². The molecule has 0 amide bonds. The molecular weight excluding hydrogens is 268 g/mol. The smallest absolute Gasteiger partial charge is 0.335 e. The second-order valence-electron chi connectivity index (χ2n) is 3.87. The van der Waals surface area contributed by atoms with Gasteiger partial charge < -0.3 is 5.11 Å². The zero-order chi connectivity index (χ0) is 13.1. The fourth-order valence-corrected chi connectivity index (χ4v) is 2.56. The first-order valence-corrected chi connectivity index (χ1v) is 6.53. The molecule has 0 atom stereocenters. The van der Waals surface area contributed by atoms with Gasteiger partial charge in [0.25, 0.3) is 0 Å². The first-order chi connectivity index (χ1) is 8.56. The maximum atomic E-state index is 10.8. The summed E-state index contributed by atoms with van der Waals surface area (Å²) < 4.78 is 0. The third-order valence-electron chi connectivity index (χ3n) is 2.43. The number of carbonyl (C=O) groups is 1. The highest BCUT2D eigenvalue weighted by Crippen LogP contribution is 2.33. The topological polar surface area (TPSA) is 37.3 Å². The van der Waals surface area contributed by atoms with Crippen molar-refractivity contribution in [3.8, 4) is 0 Å². The van der Waals surface area contributed by atoms with Crippen LogP contribution >= 0.6 is 23.4 Å². The highest BCUT2D eigenvalue weighted by Gasteiger charge is 2.08. The molecule has 0 radical (unpaired) electrons. The number of hydrogen-bond donors (Lipinski definition) is 1. The molecule has 0 aliphatic rings. The van der Waals surface area contributed by atoms with Gasteiger partial charge in [0, 0.05) is 9.79 Å². The molecule has 0 heterocycles. The molecule has 1 N–H and O–H groups in total. The molecular formula is C14H11ClO2S. The van der Waals surface area contributed by atoms with Gasteiger partial charge in [-0.15, -0.1) is 0 Å². The van der Waals surface area contributed by atoms with Crippen LogP contribution in [0.3, 0.4) is 0 Å². The van der Waals surface area contributed by atoms with Crippen molar-refractivity contribution in [2.75, 3.05) is 0 Å². The molecule has 0 aromatic heterocycles. The van der Waals surface area contributed by atoms with Crippen molar-refractivity contribution < 1.29 is 9.90 Å². The SMILES string of the molecule is Cc1ccc(Sc2ccc(C(=O)O)cc2Cl)cc1. The predicted molar refractivity (Wildman–Crippen MR) is 73.7 cm³/mol. The fourth-order valence-electron chi connectivity index (χ4n) is 1.45. The van der Waals surface area contributed by atoms with Crippen molar-refractivity contribution in [2.24, 2.45) is 0 Å². The summed E-state index contributed by atoms with van der Waals surface area (Å²) in [4.78, 5) is 12.7. The molecule has 4 heteroatoms. The summed E-state index contributed by atoms with van der Waals surface area (Å²) in [5.41, 5.74) is 1.40. The quantitative estimate of drug-likeness (QED) is 0.898. The van der Waals surface area contributed by atoms with E-state index in [1.54, 1.807) is 12.1 Å². The second-order valence-corrected chi connectivity index (χ2v) is 5.39. The monoisotopic (exact) mass is 278 g/mol. The normalized spacial score (nSPS) is 10.3. The number of hydrogen-bond acceptors (Lipinski definition) is 2. The third kappa shape index (κ3) is 3.06. The molecule has 0 aliphatic heterocycles. The lowest BCUT2D eigenvalue weighted by atomic mass is 10.2. The number of aryl methyl sites for hydroxylation is 1. The van der Waals surface area contributed by atoms with E-state index in [4.69, 9.17) is 16.7 Å². The van der Waals surface area contributed by atoms with Crippen LogP contribution in [0.4, 0.5) is 0 Å². The Kier molecular flexibility index (Phi) is 3.94. The molecule has 0 aliphatic carbocycles. The van der Waals surface area contributed by atoms with Crippen LogP contribution in [-0.2, 0) is 0 Å². The fraction of sp³-hybridized carbons (Fsp3) is 0.0714. The molecule has 0 spiro atoms. The zero-order valence-electron chi connectivity index (χ0n) is 9.68. The molecule has 0 saturated heterocycles. The van der Waals surface area contributed by atoms with Gasteiger partial charge in [-0.1, -0.05) is 41.1 Å². The highest BCUT2D eigenvalue weighted by atomic mass is 35.5. The standard InChI is InChI=1S/C14H11ClO2S/c1-9-2-5-11(6-3-9)18-13-7-4-10(14(16)17)8-12(13)15/h2-8H,1H3,(H,16,17). The molecule has 0 saturated carbocycles. The van der Waals surface area contributed by atoms with Crippen LogP contribution in [0, 0.1) is 6.92 Å². The highest BCUT2D eigenvalue weighted by molar-refractivity contribution is 7.99. The van der Waals surface area contributed by atoms with Gasteiger partial charge in [-0.2, -0.15) is 0 Å². The van der Waals surface area contributed by atoms with Crippen molar-refractivity contribution in [3.05, 3.63) is 58.6 Å². The van der Waals surface area contributed by atoms with E-state index in [0.29, 0.717) is 5.02 Å². The van der Waals surface area contributed by atoms with Crippen LogP contribution in [0.25, 0.3) is 0 Å². The summed E-state index contributed by atoms with van der Waals surface area (Å²) in [6.07, 6.45) is 0. The Balaban J connectivity index is 2.24. The summed E-state index contributed by atoms with van der Waals surface area (Å²) in [5.74, 6) is -0.969. The van der Waals surface area contributed by atoms with E-state index in [1.807, 2.05) is 31.2 Å². The lowest BCUT2D eigenvalue weighted by Gasteiger charge is -2.05. The number of rotatable bonds is 3. The van der Waals surface area contributed by atoms with Crippen LogP contribution in [0.2, 0.25) is 5.02 Å². The van der Waals surface area contributed by atoms with Crippen LogP contribution in [0.1, 0.15) is 15.9 Å². The number of aromatic carboxylic acids is 1. The van der Waals surface area contributed by atoms with E-state index in [1.165, 1.54) is 23.4 Å². The lowest BCUT2D eigenvalue weighted by Crippen LogP contribution is -1.95. The molecule has 2 rings (SSSR count). The van der Waals surface area contributed by atoms with Crippen molar-refractivity contribution in [2.45, 2.75) is 16.7 Å². The number of carboxylic acids is 1. The van der Waals surface area contributed by atoms with Crippen LogP contribution < -0.4 is 0 Å². The third-order valence-corrected chi connectivity index (χ3v) is 3.94. The zero-order valence-corrected chi connectivity index (χ0v) is 11.3. The van der Waals surface area contributed by atoms with Crippen LogP contribution in [0.15, 0.2) is 52.3 Å². The van der Waals surface area contributed by atoms with E-state index >= 15 is 0 Å². The van der Waals surface area contributed by atoms with Crippen LogP contribution in [0.5, 0.6) is 0 Å². The van der Waals surface area contributed by atoms with Crippen LogP contribution in [-0.4, -0.2) is 11.1 Å². The van der Waals surface area contributed by atoms with E-state index < -0.39 is 5.97 Å². The maximum absolute atomic E-state index is 10.8. The van der Waals surface area contributed by atoms with Gasteiger partial charge in [0.2, 0.25) is 0 Å². The number of carboxylic acid groups (broad SMARTS) is 1. The molecule has 2 nitrogen and oxygen atoms in total. The summed E-state index contributed by atoms with van der Waals surface area (Å²) >= 11 is 7.59. The Morgan fingerprint density at radius 2 is 1.83 bits per heavy atom. The molecule has 0 fully saturated rings. The van der Waals surface area contributed by atoms with Crippen molar-refractivity contribution in [1.29, 1.82) is 0 Å². The van der Waals surface area contributed by atoms with Gasteiger partial charge in [-0.05, 0) is 37.3 Å². The Morgan fingerprint density at radius 3 is 2.39 bits per heavy atom. The lowest BCUT2D eigenvalue weighted by molar-refractivity contribution is 0.0697. The first kappa shape index (κ1) is 13.0. The number of halogens is 1. The van der Waals surface area contributed by atoms with E-state index in [2.05, 4.69) is 0 Å². The van der Waals surface area contributed by atoms with Crippen molar-refractivity contribution in [1.82, 2.24) is 0 Å².